The number of aliphatic hydroxyl groups is 5. The predicted molar refractivity (Wildman–Crippen MR) is 257 cm³/mol. The van der Waals surface area contributed by atoms with Crippen molar-refractivity contribution in [3.63, 3.8) is 0 Å². The fourth-order valence-corrected chi connectivity index (χ4v) is 13.8. The summed E-state index contributed by atoms with van der Waals surface area (Å²) >= 11 is 0. The van der Waals surface area contributed by atoms with Gasteiger partial charge in [0.1, 0.15) is 59.5 Å². The average molecular weight is 1020 g/mol. The molecule has 72 heavy (non-hydrogen) atoms. The van der Waals surface area contributed by atoms with Crippen molar-refractivity contribution in [3.8, 4) is 0 Å². The van der Waals surface area contributed by atoms with Crippen LogP contribution in [0, 0.1) is 16.7 Å². The molecule has 1 aromatic carbocycles. The summed E-state index contributed by atoms with van der Waals surface area (Å²) in [6.45, 7) is 14.2. The lowest BCUT2D eigenvalue weighted by Gasteiger charge is -2.67. The van der Waals surface area contributed by atoms with Gasteiger partial charge in [0.05, 0.1) is 47.6 Å². The molecule has 3 aliphatic heterocycles. The Kier molecular flexibility index (Phi) is 16.3. The molecule has 5 N–H and O–H groups in total. The lowest BCUT2D eigenvalue weighted by Crippen LogP contribution is -2.78. The third-order valence-corrected chi connectivity index (χ3v) is 18.4. The zero-order chi connectivity index (χ0) is 52.3. The Labute approximate surface area is 423 Å². The maximum Gasteiger partial charge on any atom is 0.338 e. The minimum absolute atomic E-state index is 0.0212. The number of benzene rings is 1. The van der Waals surface area contributed by atoms with E-state index in [0.29, 0.717) is 43.2 Å². The molecular formula is C54H80O18. The standard InChI is InChI=1S/C54H80O18/c1-12-28(2)47(57)70-39-27-38-50(7)20-19-35(24-34(50)18-21-53(38,60)54(61)23-22-52(59,51(39,54)8)32(6)68-48(58)33-16-14-13-15-17-33)69-40-25-36(62-9)44(30(4)65-40)71-41-26-37(63-10)45(31(5)66-41)72-49-43(56)46(64-11)42(55)29(3)67-49/h12-18,29-32,35-46,49,55-56,59-61H,19-27H2,1-11H3/t29-,30-,31-,32+,35+,36+,37+,38-,39-,40+,41+,42-,43-,44-,45-,46-,49+,50+,51-,52-,53+,54-/m1/s1. The Bertz CT molecular complexity index is 2140. The van der Waals surface area contributed by atoms with Gasteiger partial charge in [-0.2, -0.15) is 0 Å². The molecule has 3 heterocycles. The number of ether oxygens (including phenoxy) is 11. The fraction of sp³-hybridized carbons (Fsp3) is 0.778. The second kappa shape index (κ2) is 21.2. The number of fused-ring (bicyclic) bond motifs is 5. The molecule has 0 amide bonds. The summed E-state index contributed by atoms with van der Waals surface area (Å²) in [5.41, 5.74) is -6.21. The molecule has 7 aliphatic rings. The summed E-state index contributed by atoms with van der Waals surface area (Å²) in [6, 6.07) is 8.46. The summed E-state index contributed by atoms with van der Waals surface area (Å²) < 4.78 is 67.8. The number of hydrogen-bond acceptors (Lipinski definition) is 18. The molecule has 0 aromatic heterocycles. The largest absolute Gasteiger partial charge is 0.458 e. The molecule has 18 heteroatoms. The van der Waals surface area contributed by atoms with Gasteiger partial charge in [0.25, 0.3) is 0 Å². The molecule has 4 aliphatic carbocycles. The van der Waals surface area contributed by atoms with Gasteiger partial charge < -0.3 is 77.6 Å². The van der Waals surface area contributed by atoms with Crippen molar-refractivity contribution in [1.82, 2.24) is 0 Å². The molecular weight excluding hydrogens is 937 g/mol. The predicted octanol–water partition coefficient (Wildman–Crippen LogP) is 4.58. The third-order valence-electron chi connectivity index (χ3n) is 18.4. The molecule has 3 saturated heterocycles. The number of allylic oxidation sites excluding steroid dienone is 1. The first-order valence-electron chi connectivity index (χ1n) is 25.9. The highest BCUT2D eigenvalue weighted by Crippen LogP contribution is 2.71. The van der Waals surface area contributed by atoms with Crippen LogP contribution >= 0.6 is 0 Å². The summed E-state index contributed by atoms with van der Waals surface area (Å²) in [4.78, 5) is 27.1. The first-order valence-corrected chi connectivity index (χ1v) is 25.9. The summed E-state index contributed by atoms with van der Waals surface area (Å²) in [5.74, 6) is -1.83. The highest BCUT2D eigenvalue weighted by Gasteiger charge is 2.81. The van der Waals surface area contributed by atoms with Gasteiger partial charge in [0, 0.05) is 45.7 Å². The molecule has 6 fully saturated rings. The van der Waals surface area contributed by atoms with E-state index in [2.05, 4.69) is 6.92 Å². The van der Waals surface area contributed by atoms with E-state index in [4.69, 9.17) is 52.1 Å². The van der Waals surface area contributed by atoms with Gasteiger partial charge in [0.15, 0.2) is 18.9 Å². The van der Waals surface area contributed by atoms with Gasteiger partial charge in [0.2, 0.25) is 0 Å². The highest BCUT2D eigenvalue weighted by molar-refractivity contribution is 5.89. The molecule has 0 radical (unpaired) electrons. The van der Waals surface area contributed by atoms with Crippen LogP contribution < -0.4 is 0 Å². The van der Waals surface area contributed by atoms with Crippen molar-refractivity contribution < 1.29 is 87.2 Å². The third kappa shape index (κ3) is 9.34. The van der Waals surface area contributed by atoms with Crippen molar-refractivity contribution in [2.75, 3.05) is 21.3 Å². The van der Waals surface area contributed by atoms with Crippen molar-refractivity contribution in [3.05, 3.63) is 59.2 Å². The Balaban J connectivity index is 0.941. The number of esters is 2. The molecule has 404 valence electrons. The van der Waals surface area contributed by atoms with Crippen LogP contribution in [0.1, 0.15) is 124 Å². The van der Waals surface area contributed by atoms with Crippen LogP contribution in [-0.2, 0) is 56.9 Å². The molecule has 8 rings (SSSR count). The van der Waals surface area contributed by atoms with Crippen LogP contribution in [0.5, 0.6) is 0 Å². The molecule has 3 saturated carbocycles. The van der Waals surface area contributed by atoms with Crippen molar-refractivity contribution in [1.29, 1.82) is 0 Å². The van der Waals surface area contributed by atoms with Crippen LogP contribution in [0.2, 0.25) is 0 Å². The van der Waals surface area contributed by atoms with Crippen LogP contribution in [0.25, 0.3) is 0 Å². The lowest BCUT2D eigenvalue weighted by atomic mass is 9.42. The molecule has 1 aromatic rings. The molecule has 18 nitrogen and oxygen atoms in total. The maximum absolute atomic E-state index is 13.7. The van der Waals surface area contributed by atoms with Crippen LogP contribution in [0.15, 0.2) is 53.6 Å². The van der Waals surface area contributed by atoms with Crippen LogP contribution in [0.3, 0.4) is 0 Å². The van der Waals surface area contributed by atoms with Gasteiger partial charge in [-0.1, -0.05) is 49.8 Å². The summed E-state index contributed by atoms with van der Waals surface area (Å²) in [7, 11) is 4.61. The highest BCUT2D eigenvalue weighted by atomic mass is 16.8. The van der Waals surface area contributed by atoms with Gasteiger partial charge in [-0.15, -0.1) is 0 Å². The van der Waals surface area contributed by atoms with Gasteiger partial charge >= 0.3 is 11.9 Å². The second-order valence-electron chi connectivity index (χ2n) is 22.0. The quantitative estimate of drug-likeness (QED) is 0.0974. The summed E-state index contributed by atoms with van der Waals surface area (Å²) in [6.07, 6.45) is -5.60. The first-order chi connectivity index (χ1) is 34.0. The number of carbonyl (C=O) groups excluding carboxylic acids is 2. The van der Waals surface area contributed by atoms with Crippen molar-refractivity contribution >= 4 is 11.9 Å². The SMILES string of the molecule is CC=C(C)C(=O)O[C@@H]1C[C@@H]2[C@@]3(C)CC[C@H](O[C@H]4C[C@H](OC)[C@H](O[C@H]5C[C@H](OC)[C@H](O[C@@H]6O[C@H](C)[C@@H](O)[C@@H](OC)[C@H]6O)[C@@H](C)O5)[C@@H](C)O4)CC3=CC[C@@]2(O)[C@@]2(O)CC[C@@](O)([C@H](C)OC(=O)c3ccccc3)[C@@]12C. The van der Waals surface area contributed by atoms with Gasteiger partial charge in [-0.25, -0.2) is 9.59 Å². The van der Waals surface area contributed by atoms with E-state index in [1.807, 2.05) is 19.9 Å². The average Bonchev–Trinajstić information content (AvgIpc) is 3.59. The van der Waals surface area contributed by atoms with E-state index in [0.717, 1.165) is 5.57 Å². The minimum Gasteiger partial charge on any atom is -0.458 e. The Morgan fingerprint density at radius 2 is 1.40 bits per heavy atom. The number of hydrogen-bond donors (Lipinski definition) is 5. The van der Waals surface area contributed by atoms with E-state index >= 15 is 0 Å². The Hall–Kier alpha value is -2.92. The minimum atomic E-state index is -1.97. The maximum atomic E-state index is 13.7. The zero-order valence-corrected chi connectivity index (χ0v) is 43.8. The van der Waals surface area contributed by atoms with Gasteiger partial charge in [-0.05, 0) is 104 Å². The Morgan fingerprint density at radius 1 is 0.778 bits per heavy atom. The number of methoxy groups -OCH3 is 3. The number of carbonyl (C=O) groups is 2. The molecule has 0 bridgehead atoms. The van der Waals surface area contributed by atoms with Gasteiger partial charge in [-0.3, -0.25) is 0 Å². The van der Waals surface area contributed by atoms with Crippen LogP contribution in [0.4, 0.5) is 0 Å². The van der Waals surface area contributed by atoms with E-state index in [1.165, 1.54) is 7.11 Å². The topological polar surface area (TPSA) is 237 Å². The second-order valence-corrected chi connectivity index (χ2v) is 22.0. The van der Waals surface area contributed by atoms with Crippen molar-refractivity contribution in [2.24, 2.45) is 16.7 Å². The van der Waals surface area contributed by atoms with E-state index in [9.17, 15) is 35.1 Å². The van der Waals surface area contributed by atoms with E-state index in [1.54, 1.807) is 85.2 Å². The normalized spacial score (nSPS) is 46.8. The Morgan fingerprint density at radius 3 is 2.01 bits per heavy atom. The van der Waals surface area contributed by atoms with Crippen molar-refractivity contribution in [2.45, 2.75) is 228 Å². The number of aliphatic hydroxyl groups excluding tert-OH is 2. The molecule has 0 unspecified atom stereocenters. The first kappa shape index (κ1) is 55.3. The van der Waals surface area contributed by atoms with E-state index < -0.39 is 138 Å². The number of rotatable bonds is 14. The monoisotopic (exact) mass is 1020 g/mol. The molecule has 22 atom stereocenters. The zero-order valence-electron chi connectivity index (χ0n) is 43.8. The fourth-order valence-electron chi connectivity index (χ4n) is 13.8. The smallest absolute Gasteiger partial charge is 0.338 e. The lowest BCUT2D eigenvalue weighted by molar-refractivity contribution is -0.352. The molecule has 0 spiro atoms. The van der Waals surface area contributed by atoms with Crippen LogP contribution in [-0.4, -0.2) is 174 Å². The summed E-state index contributed by atoms with van der Waals surface area (Å²) in [5, 5.41) is 60.7. The van der Waals surface area contributed by atoms with E-state index in [-0.39, 0.29) is 31.8 Å².